The van der Waals surface area contributed by atoms with E-state index in [1.165, 1.54) is 24.3 Å². The van der Waals surface area contributed by atoms with Crippen molar-refractivity contribution in [2.24, 2.45) is 0 Å². The van der Waals surface area contributed by atoms with Crippen LogP contribution in [0.1, 0.15) is 33.9 Å². The minimum atomic E-state index is -3.75. The number of aromatic nitrogens is 1. The van der Waals surface area contributed by atoms with E-state index in [0.29, 0.717) is 22.8 Å². The van der Waals surface area contributed by atoms with Gasteiger partial charge >= 0.3 is 0 Å². The van der Waals surface area contributed by atoms with Crippen LogP contribution in [0.5, 0.6) is 0 Å². The average Bonchev–Trinajstić information content (AvgIpc) is 3.14. The molecule has 0 spiro atoms. The fourth-order valence-electron chi connectivity index (χ4n) is 2.74. The van der Waals surface area contributed by atoms with Gasteiger partial charge in [-0.05, 0) is 74.7 Å². The summed E-state index contributed by atoms with van der Waals surface area (Å²) in [5.74, 6) is -0.227. The van der Waals surface area contributed by atoms with Crippen molar-refractivity contribution in [3.8, 4) is 0 Å². The molecule has 0 bridgehead atoms. The first-order chi connectivity index (χ1) is 14.3. The first-order valence-electron chi connectivity index (χ1n) is 9.41. The van der Waals surface area contributed by atoms with Crippen LogP contribution < -0.4 is 10.0 Å². The van der Waals surface area contributed by atoms with Crippen molar-refractivity contribution in [2.45, 2.75) is 31.1 Å². The van der Waals surface area contributed by atoms with Gasteiger partial charge in [0, 0.05) is 33.9 Å². The lowest BCUT2D eigenvalue weighted by Crippen LogP contribution is -2.24. The van der Waals surface area contributed by atoms with Gasteiger partial charge in [-0.2, -0.15) is 0 Å². The first kappa shape index (κ1) is 22.3. The Balaban J connectivity index is 1.49. The highest BCUT2D eigenvalue weighted by atomic mass is 35.5. The van der Waals surface area contributed by atoms with Gasteiger partial charge in [0.2, 0.25) is 0 Å². The number of carbonyl (C=O) groups excluding carboxylic acids is 1. The monoisotopic (exact) mass is 463 g/mol. The summed E-state index contributed by atoms with van der Waals surface area (Å²) in [6.07, 6.45) is 2.70. The standard InChI is InChI=1S/C21H22ClN3O3S2/c1-15-14-29-20(24-15)4-2-3-13-23-21(26)16-5-11-19(12-6-16)30(27,28)25-18-9-7-17(22)8-10-18/h5-12,14,25H,2-4,13H2,1H3,(H,23,26). The lowest BCUT2D eigenvalue weighted by atomic mass is 10.2. The van der Waals surface area contributed by atoms with Crippen molar-refractivity contribution < 1.29 is 13.2 Å². The summed E-state index contributed by atoms with van der Waals surface area (Å²) in [6, 6.07) is 12.2. The Bertz CT molecular complexity index is 1100. The number of anilines is 1. The second-order valence-electron chi connectivity index (χ2n) is 6.73. The predicted octanol–water partition coefficient (Wildman–Crippen LogP) is 4.66. The Kier molecular flexibility index (Phi) is 7.47. The number of aryl methyl sites for hydroxylation is 2. The van der Waals surface area contributed by atoms with E-state index >= 15 is 0 Å². The summed E-state index contributed by atoms with van der Waals surface area (Å²) >= 11 is 7.47. The molecule has 0 aliphatic carbocycles. The molecule has 0 atom stereocenters. The van der Waals surface area contributed by atoms with E-state index in [4.69, 9.17) is 11.6 Å². The zero-order valence-electron chi connectivity index (χ0n) is 16.4. The highest BCUT2D eigenvalue weighted by molar-refractivity contribution is 7.92. The highest BCUT2D eigenvalue weighted by Crippen LogP contribution is 2.19. The maximum absolute atomic E-state index is 12.5. The van der Waals surface area contributed by atoms with E-state index in [2.05, 4.69) is 15.0 Å². The van der Waals surface area contributed by atoms with Gasteiger partial charge in [0.05, 0.1) is 9.90 Å². The van der Waals surface area contributed by atoms with Crippen molar-refractivity contribution in [3.63, 3.8) is 0 Å². The quantitative estimate of drug-likeness (QED) is 0.452. The molecule has 0 radical (unpaired) electrons. The molecule has 1 heterocycles. The van der Waals surface area contributed by atoms with Gasteiger partial charge in [-0.15, -0.1) is 11.3 Å². The van der Waals surface area contributed by atoms with Crippen LogP contribution in [0.3, 0.4) is 0 Å². The largest absolute Gasteiger partial charge is 0.352 e. The SMILES string of the molecule is Cc1csc(CCCCNC(=O)c2ccc(S(=O)(=O)Nc3ccc(Cl)cc3)cc2)n1. The molecule has 0 aliphatic heterocycles. The van der Waals surface area contributed by atoms with Gasteiger partial charge in [-0.1, -0.05) is 11.6 Å². The van der Waals surface area contributed by atoms with Crippen LogP contribution in [0.15, 0.2) is 58.8 Å². The van der Waals surface area contributed by atoms with Gasteiger partial charge in [0.25, 0.3) is 15.9 Å². The maximum atomic E-state index is 12.5. The number of benzene rings is 2. The van der Waals surface area contributed by atoms with Crippen LogP contribution in [-0.2, 0) is 16.4 Å². The maximum Gasteiger partial charge on any atom is 0.261 e. The number of hydrogen-bond donors (Lipinski definition) is 2. The van der Waals surface area contributed by atoms with Crippen LogP contribution in [0.25, 0.3) is 0 Å². The third kappa shape index (κ3) is 6.29. The summed E-state index contributed by atoms with van der Waals surface area (Å²) in [5, 5.41) is 6.53. The number of thiazole rings is 1. The van der Waals surface area contributed by atoms with Crippen LogP contribution in [0, 0.1) is 6.92 Å². The number of halogens is 1. The molecule has 2 N–H and O–H groups in total. The Hall–Kier alpha value is -2.42. The lowest BCUT2D eigenvalue weighted by Gasteiger charge is -2.09. The van der Waals surface area contributed by atoms with Crippen molar-refractivity contribution in [3.05, 3.63) is 75.2 Å². The van der Waals surface area contributed by atoms with Crippen molar-refractivity contribution in [1.29, 1.82) is 0 Å². The van der Waals surface area contributed by atoms with Crippen LogP contribution in [-0.4, -0.2) is 25.9 Å². The lowest BCUT2D eigenvalue weighted by molar-refractivity contribution is 0.0953. The number of unbranched alkanes of at least 4 members (excludes halogenated alkanes) is 1. The molecule has 0 saturated carbocycles. The number of nitrogens with one attached hydrogen (secondary N) is 2. The molecule has 1 aromatic heterocycles. The molecule has 30 heavy (non-hydrogen) atoms. The zero-order chi connectivity index (χ0) is 21.6. The van der Waals surface area contributed by atoms with Gasteiger partial charge in [0.15, 0.2) is 0 Å². The van der Waals surface area contributed by atoms with Crippen LogP contribution in [0.2, 0.25) is 5.02 Å². The summed E-state index contributed by atoms with van der Waals surface area (Å²) in [6.45, 7) is 2.53. The Morgan fingerprint density at radius 3 is 2.40 bits per heavy atom. The second-order valence-corrected chi connectivity index (χ2v) is 9.79. The first-order valence-corrected chi connectivity index (χ1v) is 12.2. The third-order valence-electron chi connectivity index (χ3n) is 4.29. The molecule has 6 nitrogen and oxygen atoms in total. The Morgan fingerprint density at radius 1 is 1.07 bits per heavy atom. The smallest absolute Gasteiger partial charge is 0.261 e. The molecule has 3 aromatic rings. The zero-order valence-corrected chi connectivity index (χ0v) is 18.8. The number of amides is 1. The third-order valence-corrected chi connectivity index (χ3v) is 6.97. The van der Waals surface area contributed by atoms with E-state index in [-0.39, 0.29) is 10.8 Å². The molecule has 0 unspecified atom stereocenters. The van der Waals surface area contributed by atoms with Gasteiger partial charge in [0.1, 0.15) is 0 Å². The van der Waals surface area contributed by atoms with Crippen molar-refractivity contribution >= 4 is 44.6 Å². The molecule has 0 saturated heterocycles. The topological polar surface area (TPSA) is 88.2 Å². The van der Waals surface area contributed by atoms with E-state index in [9.17, 15) is 13.2 Å². The summed E-state index contributed by atoms with van der Waals surface area (Å²) in [4.78, 5) is 16.8. The van der Waals surface area contributed by atoms with Crippen molar-refractivity contribution in [2.75, 3.05) is 11.3 Å². The fourth-order valence-corrected chi connectivity index (χ4v) is 4.74. The Morgan fingerprint density at radius 2 is 1.77 bits per heavy atom. The number of nitrogens with zero attached hydrogens (tertiary/aromatic N) is 1. The van der Waals surface area contributed by atoms with Gasteiger partial charge < -0.3 is 5.32 Å². The molecule has 3 rings (SSSR count). The molecule has 9 heteroatoms. The molecule has 2 aromatic carbocycles. The minimum Gasteiger partial charge on any atom is -0.352 e. The number of hydrogen-bond acceptors (Lipinski definition) is 5. The van der Waals surface area contributed by atoms with Crippen molar-refractivity contribution in [1.82, 2.24) is 10.3 Å². The summed E-state index contributed by atoms with van der Waals surface area (Å²) in [5.41, 5.74) is 1.86. The highest BCUT2D eigenvalue weighted by Gasteiger charge is 2.15. The molecule has 0 aliphatic rings. The van der Waals surface area contributed by atoms with E-state index in [1.54, 1.807) is 35.6 Å². The van der Waals surface area contributed by atoms with E-state index in [1.807, 2.05) is 12.3 Å². The predicted molar refractivity (Wildman–Crippen MR) is 121 cm³/mol. The second kappa shape index (κ2) is 10.1. The van der Waals surface area contributed by atoms with Crippen LogP contribution >= 0.6 is 22.9 Å². The van der Waals surface area contributed by atoms with Gasteiger partial charge in [-0.3, -0.25) is 9.52 Å². The molecular formula is C21H22ClN3O3S2. The Labute approximate surface area is 185 Å². The molecule has 158 valence electrons. The number of rotatable bonds is 9. The number of sulfonamides is 1. The summed E-state index contributed by atoms with van der Waals surface area (Å²) < 4.78 is 27.4. The average molecular weight is 464 g/mol. The fraction of sp³-hybridized carbons (Fsp3) is 0.238. The van der Waals surface area contributed by atoms with E-state index < -0.39 is 10.0 Å². The molecule has 1 amide bonds. The van der Waals surface area contributed by atoms with Crippen LogP contribution in [0.4, 0.5) is 5.69 Å². The molecule has 0 fully saturated rings. The summed E-state index contributed by atoms with van der Waals surface area (Å²) in [7, 11) is -3.75. The molecular weight excluding hydrogens is 442 g/mol. The number of carbonyl (C=O) groups is 1. The normalized spacial score (nSPS) is 11.3. The van der Waals surface area contributed by atoms with Gasteiger partial charge in [-0.25, -0.2) is 13.4 Å². The van der Waals surface area contributed by atoms with E-state index in [0.717, 1.165) is 30.0 Å². The minimum absolute atomic E-state index is 0.0766.